The first-order valence-corrected chi connectivity index (χ1v) is 5.40. The van der Waals surface area contributed by atoms with Crippen molar-refractivity contribution in [1.29, 1.82) is 0 Å². The number of hydrogen-bond donors (Lipinski definition) is 3. The summed E-state index contributed by atoms with van der Waals surface area (Å²) in [6.45, 7) is 1.71. The SMILES string of the molecule is CCC(NC(=O)c1ccc(NC)cc1)C(=O)O. The van der Waals surface area contributed by atoms with Crippen LogP contribution in [0.2, 0.25) is 0 Å². The number of benzene rings is 1. The van der Waals surface area contributed by atoms with Gasteiger partial charge in [0.1, 0.15) is 6.04 Å². The maximum atomic E-state index is 11.7. The van der Waals surface area contributed by atoms with Crippen molar-refractivity contribution in [1.82, 2.24) is 5.32 Å². The normalized spacial score (nSPS) is 11.6. The predicted molar refractivity (Wildman–Crippen MR) is 65.2 cm³/mol. The zero-order chi connectivity index (χ0) is 12.8. The van der Waals surface area contributed by atoms with Crippen LogP contribution in [0, 0.1) is 0 Å². The number of carboxylic acid groups (broad SMARTS) is 1. The molecule has 1 aromatic rings. The summed E-state index contributed by atoms with van der Waals surface area (Å²) in [6.07, 6.45) is 0.357. The quantitative estimate of drug-likeness (QED) is 0.720. The molecule has 0 bridgehead atoms. The molecule has 1 amide bonds. The smallest absolute Gasteiger partial charge is 0.326 e. The Morgan fingerprint density at radius 1 is 1.29 bits per heavy atom. The van der Waals surface area contributed by atoms with Crippen LogP contribution in [0.4, 0.5) is 5.69 Å². The number of amides is 1. The molecule has 0 aliphatic carbocycles. The van der Waals surface area contributed by atoms with Crippen LogP contribution in [-0.2, 0) is 4.79 Å². The first-order chi connectivity index (χ1) is 8.08. The summed E-state index contributed by atoms with van der Waals surface area (Å²) >= 11 is 0. The molecular formula is C12H16N2O3. The second-order valence-corrected chi connectivity index (χ2v) is 3.60. The summed E-state index contributed by atoms with van der Waals surface area (Å²) in [4.78, 5) is 22.5. The molecule has 0 radical (unpaired) electrons. The third kappa shape index (κ3) is 3.48. The van der Waals surface area contributed by atoms with E-state index >= 15 is 0 Å². The molecule has 5 nitrogen and oxygen atoms in total. The lowest BCUT2D eigenvalue weighted by molar-refractivity contribution is -0.139. The number of hydrogen-bond acceptors (Lipinski definition) is 3. The van der Waals surface area contributed by atoms with Gasteiger partial charge < -0.3 is 15.7 Å². The molecule has 0 aliphatic heterocycles. The van der Waals surface area contributed by atoms with E-state index < -0.39 is 12.0 Å². The van der Waals surface area contributed by atoms with Crippen LogP contribution in [0.15, 0.2) is 24.3 Å². The van der Waals surface area contributed by atoms with Gasteiger partial charge in [-0.1, -0.05) is 6.92 Å². The average Bonchev–Trinajstić information content (AvgIpc) is 2.35. The number of anilines is 1. The molecule has 0 heterocycles. The van der Waals surface area contributed by atoms with Crippen LogP contribution in [0.25, 0.3) is 0 Å². The third-order valence-corrected chi connectivity index (χ3v) is 2.45. The van der Waals surface area contributed by atoms with Gasteiger partial charge >= 0.3 is 5.97 Å². The lowest BCUT2D eigenvalue weighted by Crippen LogP contribution is -2.40. The summed E-state index contributed by atoms with van der Waals surface area (Å²) in [5.41, 5.74) is 1.34. The first kappa shape index (κ1) is 13.0. The van der Waals surface area contributed by atoms with Crippen molar-refractivity contribution >= 4 is 17.6 Å². The highest BCUT2D eigenvalue weighted by Gasteiger charge is 2.18. The van der Waals surface area contributed by atoms with Gasteiger partial charge in [-0.25, -0.2) is 4.79 Å². The Morgan fingerprint density at radius 3 is 2.29 bits per heavy atom. The number of aliphatic carboxylic acids is 1. The molecule has 1 rings (SSSR count). The predicted octanol–water partition coefficient (Wildman–Crippen LogP) is 1.32. The van der Waals surface area contributed by atoms with Gasteiger partial charge in [-0.15, -0.1) is 0 Å². The molecule has 17 heavy (non-hydrogen) atoms. The second-order valence-electron chi connectivity index (χ2n) is 3.60. The third-order valence-electron chi connectivity index (χ3n) is 2.45. The number of carbonyl (C=O) groups excluding carboxylic acids is 1. The van der Waals surface area contributed by atoms with Gasteiger partial charge in [0, 0.05) is 18.3 Å². The molecule has 0 spiro atoms. The van der Waals surface area contributed by atoms with Gasteiger partial charge in [-0.2, -0.15) is 0 Å². The zero-order valence-corrected chi connectivity index (χ0v) is 9.86. The van der Waals surface area contributed by atoms with Crippen molar-refractivity contribution in [2.24, 2.45) is 0 Å². The molecule has 1 atom stereocenters. The Hall–Kier alpha value is -2.04. The van der Waals surface area contributed by atoms with E-state index in [2.05, 4.69) is 10.6 Å². The highest BCUT2D eigenvalue weighted by molar-refractivity contribution is 5.96. The lowest BCUT2D eigenvalue weighted by atomic mass is 10.1. The van der Waals surface area contributed by atoms with Gasteiger partial charge in [0.15, 0.2) is 0 Å². The maximum Gasteiger partial charge on any atom is 0.326 e. The standard InChI is InChI=1S/C12H16N2O3/c1-3-10(12(16)17)14-11(15)8-4-6-9(13-2)7-5-8/h4-7,10,13H,3H2,1-2H3,(H,14,15)(H,16,17). The molecule has 0 saturated carbocycles. The minimum atomic E-state index is -1.02. The van der Waals surface area contributed by atoms with E-state index in [1.807, 2.05) is 0 Å². The molecule has 0 saturated heterocycles. The first-order valence-electron chi connectivity index (χ1n) is 5.40. The van der Waals surface area contributed by atoms with Crippen LogP contribution in [-0.4, -0.2) is 30.1 Å². The minimum absolute atomic E-state index is 0.357. The molecular weight excluding hydrogens is 220 g/mol. The van der Waals surface area contributed by atoms with Crippen molar-refractivity contribution in [2.75, 3.05) is 12.4 Å². The molecule has 0 aromatic heterocycles. The van der Waals surface area contributed by atoms with Crippen LogP contribution < -0.4 is 10.6 Å². The van der Waals surface area contributed by atoms with Gasteiger partial charge in [-0.05, 0) is 30.7 Å². The molecule has 0 fully saturated rings. The van der Waals surface area contributed by atoms with Crippen molar-refractivity contribution in [3.63, 3.8) is 0 Å². The number of carbonyl (C=O) groups is 2. The fourth-order valence-corrected chi connectivity index (χ4v) is 1.37. The van der Waals surface area contributed by atoms with Crippen molar-refractivity contribution < 1.29 is 14.7 Å². The summed E-state index contributed by atoms with van der Waals surface area (Å²) in [6, 6.07) is 5.98. The van der Waals surface area contributed by atoms with Crippen molar-refractivity contribution in [2.45, 2.75) is 19.4 Å². The Morgan fingerprint density at radius 2 is 1.88 bits per heavy atom. The number of carboxylic acids is 1. The van der Waals surface area contributed by atoms with Crippen LogP contribution >= 0.6 is 0 Å². The summed E-state index contributed by atoms with van der Waals surface area (Å²) < 4.78 is 0. The van der Waals surface area contributed by atoms with Gasteiger partial charge in [0.25, 0.3) is 5.91 Å². The number of nitrogens with one attached hydrogen (secondary N) is 2. The van der Waals surface area contributed by atoms with Crippen LogP contribution in [0.1, 0.15) is 23.7 Å². The Kier molecular flexibility index (Phi) is 4.51. The molecule has 1 aromatic carbocycles. The van der Waals surface area contributed by atoms with E-state index in [0.29, 0.717) is 12.0 Å². The summed E-state index contributed by atoms with van der Waals surface area (Å²) in [7, 11) is 1.78. The molecule has 5 heteroatoms. The molecule has 3 N–H and O–H groups in total. The monoisotopic (exact) mass is 236 g/mol. The van der Waals surface area contributed by atoms with Crippen LogP contribution in [0.5, 0.6) is 0 Å². The van der Waals surface area contributed by atoms with Crippen molar-refractivity contribution in [3.05, 3.63) is 29.8 Å². The molecule has 0 aliphatic rings. The molecule has 1 unspecified atom stereocenters. The van der Waals surface area contributed by atoms with E-state index in [0.717, 1.165) is 5.69 Å². The maximum absolute atomic E-state index is 11.7. The highest BCUT2D eigenvalue weighted by Crippen LogP contribution is 2.08. The zero-order valence-electron chi connectivity index (χ0n) is 9.86. The lowest BCUT2D eigenvalue weighted by Gasteiger charge is -2.12. The van der Waals surface area contributed by atoms with E-state index in [1.165, 1.54) is 0 Å². The van der Waals surface area contributed by atoms with Gasteiger partial charge in [0.2, 0.25) is 0 Å². The van der Waals surface area contributed by atoms with Crippen LogP contribution in [0.3, 0.4) is 0 Å². The topological polar surface area (TPSA) is 78.4 Å². The summed E-state index contributed by atoms with van der Waals surface area (Å²) in [5, 5.41) is 14.2. The molecule has 92 valence electrons. The van der Waals surface area contributed by atoms with E-state index in [4.69, 9.17) is 5.11 Å². The Bertz CT molecular complexity index is 401. The average molecular weight is 236 g/mol. The largest absolute Gasteiger partial charge is 0.480 e. The van der Waals surface area contributed by atoms with Crippen molar-refractivity contribution in [3.8, 4) is 0 Å². The Balaban J connectivity index is 2.72. The highest BCUT2D eigenvalue weighted by atomic mass is 16.4. The van der Waals surface area contributed by atoms with Gasteiger partial charge in [-0.3, -0.25) is 4.79 Å². The minimum Gasteiger partial charge on any atom is -0.480 e. The fourth-order valence-electron chi connectivity index (χ4n) is 1.37. The van der Waals surface area contributed by atoms with E-state index in [9.17, 15) is 9.59 Å². The van der Waals surface area contributed by atoms with E-state index in [-0.39, 0.29) is 5.91 Å². The summed E-state index contributed by atoms with van der Waals surface area (Å²) in [5.74, 6) is -1.39. The second kappa shape index (κ2) is 5.89. The van der Waals surface area contributed by atoms with E-state index in [1.54, 1.807) is 38.2 Å². The Labute approximate surface area is 99.8 Å². The number of rotatable bonds is 5. The fraction of sp³-hybridized carbons (Fsp3) is 0.333. The van der Waals surface area contributed by atoms with Gasteiger partial charge in [0.05, 0.1) is 0 Å².